The Morgan fingerprint density at radius 3 is 1.35 bits per heavy atom. The number of hydrogen-bond acceptors (Lipinski definition) is 11. The van der Waals surface area contributed by atoms with Gasteiger partial charge in [0.1, 0.15) is 18.8 Å². The van der Waals surface area contributed by atoms with Gasteiger partial charge in [0.05, 0.1) is 6.61 Å². The van der Waals surface area contributed by atoms with Gasteiger partial charge in [-0.25, -0.2) is 4.79 Å². The molecule has 6 atom stereocenters. The van der Waals surface area contributed by atoms with Gasteiger partial charge >= 0.3 is 23.9 Å². The van der Waals surface area contributed by atoms with Gasteiger partial charge in [-0.1, -0.05) is 196 Å². The summed E-state index contributed by atoms with van der Waals surface area (Å²) in [6, 6.07) is 0. The van der Waals surface area contributed by atoms with Gasteiger partial charge in [-0.15, -0.1) is 0 Å². The van der Waals surface area contributed by atoms with E-state index in [1.807, 2.05) is 6.08 Å². The Labute approximate surface area is 454 Å². The summed E-state index contributed by atoms with van der Waals surface area (Å²) >= 11 is 0. The Morgan fingerprint density at radius 2 is 0.853 bits per heavy atom. The number of unbranched alkanes of at least 4 members (excludes halogenated alkanes) is 21. The van der Waals surface area contributed by atoms with Crippen molar-refractivity contribution in [1.29, 1.82) is 0 Å². The van der Waals surface area contributed by atoms with E-state index in [0.717, 1.165) is 109 Å². The molecular formula is C63H104O12. The summed E-state index contributed by atoms with van der Waals surface area (Å²) in [4.78, 5) is 51.1. The minimum Gasteiger partial charge on any atom is -0.479 e. The highest BCUT2D eigenvalue weighted by atomic mass is 16.7. The van der Waals surface area contributed by atoms with Gasteiger partial charge in [0.15, 0.2) is 24.6 Å². The molecule has 0 aromatic heterocycles. The minimum absolute atomic E-state index is 0.0417. The lowest BCUT2D eigenvalue weighted by molar-refractivity contribution is -0.301. The highest BCUT2D eigenvalue weighted by Crippen LogP contribution is 2.26. The molecule has 0 amide bonds. The molecule has 12 nitrogen and oxygen atoms in total. The van der Waals surface area contributed by atoms with Crippen molar-refractivity contribution in [3.63, 3.8) is 0 Å². The van der Waals surface area contributed by atoms with Crippen LogP contribution in [0.25, 0.3) is 0 Å². The van der Waals surface area contributed by atoms with Gasteiger partial charge in [-0.2, -0.15) is 0 Å². The van der Waals surface area contributed by atoms with Gasteiger partial charge < -0.3 is 39.0 Å². The first-order valence-electron chi connectivity index (χ1n) is 29.6. The van der Waals surface area contributed by atoms with Gasteiger partial charge in [-0.05, 0) is 109 Å². The van der Waals surface area contributed by atoms with Crippen LogP contribution in [0.5, 0.6) is 0 Å². The predicted molar refractivity (Wildman–Crippen MR) is 303 cm³/mol. The second-order valence-electron chi connectivity index (χ2n) is 19.9. The highest BCUT2D eigenvalue weighted by molar-refractivity contribution is 5.74. The molecule has 3 N–H and O–H groups in total. The summed E-state index contributed by atoms with van der Waals surface area (Å²) in [6.45, 7) is 5.79. The minimum atomic E-state index is -1.92. The summed E-state index contributed by atoms with van der Waals surface area (Å²) in [5, 5.41) is 31.5. The Bertz CT molecular complexity index is 1630. The van der Waals surface area contributed by atoms with Crippen LogP contribution in [0.4, 0.5) is 0 Å². The normalized spacial score (nSPS) is 18.8. The number of aliphatic hydroxyl groups is 2. The van der Waals surface area contributed by atoms with Crippen molar-refractivity contribution in [2.75, 3.05) is 13.2 Å². The average molecular weight is 1050 g/mol. The van der Waals surface area contributed by atoms with Crippen molar-refractivity contribution in [3.8, 4) is 0 Å². The van der Waals surface area contributed by atoms with E-state index in [-0.39, 0.29) is 25.9 Å². The van der Waals surface area contributed by atoms with E-state index in [4.69, 9.17) is 23.7 Å². The number of aliphatic carboxylic acids is 1. The lowest BCUT2D eigenvalue weighted by Crippen LogP contribution is -2.61. The van der Waals surface area contributed by atoms with E-state index in [1.165, 1.54) is 64.2 Å². The standard InChI is InChI=1S/C63H104O12/c1-4-7-10-13-16-19-22-25-27-28-30-32-34-37-40-43-46-49-55(64)71-52-54(73-56(65)50-47-44-41-38-35-31-24-21-18-15-12-9-6-3)53-72-63-61(59(68)58(67)60(75-63)62(69)70)74-57(66)51-48-45-42-39-36-33-29-26-23-20-17-14-11-8-5-2/h7,10,16,19,21,24-27,29-30,32,37,40,54,58-61,63,67-68H,4-6,8-9,11-15,17-18,20,22-23,28,31,33-36,38-39,41-53H2,1-3H3,(H,69,70)/b10-7-,19-16-,24-21-,27-25-,29-26-,32-30-,40-37-. The number of carboxylic acids is 1. The molecule has 0 aliphatic carbocycles. The molecule has 0 aromatic carbocycles. The third kappa shape index (κ3) is 40.8. The fraction of sp³-hybridized carbons (Fsp3) is 0.714. The summed E-state index contributed by atoms with van der Waals surface area (Å²) in [5.74, 6) is -3.22. The van der Waals surface area contributed by atoms with Gasteiger partial charge in [0.2, 0.25) is 0 Å². The van der Waals surface area contributed by atoms with E-state index in [1.54, 1.807) is 0 Å². The van der Waals surface area contributed by atoms with Crippen molar-refractivity contribution >= 4 is 23.9 Å². The molecule has 0 spiro atoms. The number of carboxylic acid groups (broad SMARTS) is 1. The molecule has 0 bridgehead atoms. The van der Waals surface area contributed by atoms with Crippen LogP contribution in [0.15, 0.2) is 85.1 Å². The Hall–Kier alpha value is -4.10. The monoisotopic (exact) mass is 1050 g/mol. The Kier molecular flexibility index (Phi) is 46.6. The molecule has 1 rings (SSSR count). The average Bonchev–Trinajstić information content (AvgIpc) is 3.39. The van der Waals surface area contributed by atoms with Crippen molar-refractivity contribution in [1.82, 2.24) is 0 Å². The number of ether oxygens (including phenoxy) is 5. The third-order valence-electron chi connectivity index (χ3n) is 12.9. The molecule has 6 unspecified atom stereocenters. The molecule has 1 fully saturated rings. The van der Waals surface area contributed by atoms with Crippen molar-refractivity contribution < 1.29 is 58.2 Å². The molecule has 1 aliphatic rings. The second kappa shape index (κ2) is 50.7. The van der Waals surface area contributed by atoms with E-state index in [2.05, 4.69) is 99.8 Å². The number of hydrogen-bond donors (Lipinski definition) is 3. The summed E-state index contributed by atoms with van der Waals surface area (Å²) in [7, 11) is 0. The first-order chi connectivity index (χ1) is 36.6. The molecule has 1 heterocycles. The first kappa shape index (κ1) is 68.9. The first-order valence-corrected chi connectivity index (χ1v) is 29.6. The van der Waals surface area contributed by atoms with Crippen LogP contribution in [0.2, 0.25) is 0 Å². The van der Waals surface area contributed by atoms with Crippen molar-refractivity contribution in [2.24, 2.45) is 0 Å². The van der Waals surface area contributed by atoms with E-state index in [0.29, 0.717) is 25.7 Å². The molecule has 1 saturated heterocycles. The number of allylic oxidation sites excluding steroid dienone is 14. The van der Waals surface area contributed by atoms with Crippen molar-refractivity contribution in [3.05, 3.63) is 85.1 Å². The maximum Gasteiger partial charge on any atom is 0.335 e. The van der Waals surface area contributed by atoms with Gasteiger partial charge in [0.25, 0.3) is 0 Å². The largest absolute Gasteiger partial charge is 0.479 e. The smallest absolute Gasteiger partial charge is 0.335 e. The van der Waals surface area contributed by atoms with E-state index >= 15 is 0 Å². The van der Waals surface area contributed by atoms with Crippen LogP contribution in [0.1, 0.15) is 239 Å². The van der Waals surface area contributed by atoms with Gasteiger partial charge in [0, 0.05) is 19.3 Å². The van der Waals surface area contributed by atoms with E-state index in [9.17, 15) is 34.5 Å². The number of rotatable bonds is 49. The maximum absolute atomic E-state index is 13.1. The number of esters is 3. The SMILES string of the molecule is CC/C=C\C/C=C\C/C=C\C/C=C\C/C=C\CCCC(=O)OCC(COC1OC(C(=O)O)C(O)C(O)C1OC(=O)CCCCCCC/C=C\CCCCCCCC)OC(=O)CCCCCCC/C=C\CCCCCC. The second-order valence-corrected chi connectivity index (χ2v) is 19.9. The Balaban J connectivity index is 2.74. The summed E-state index contributed by atoms with van der Waals surface area (Å²) in [5.41, 5.74) is 0. The van der Waals surface area contributed by atoms with Crippen LogP contribution in [0.3, 0.4) is 0 Å². The van der Waals surface area contributed by atoms with Crippen LogP contribution in [-0.4, -0.2) is 89.2 Å². The number of carbonyl (C=O) groups is 4. The molecule has 75 heavy (non-hydrogen) atoms. The zero-order valence-electron chi connectivity index (χ0n) is 47.0. The lowest BCUT2D eigenvalue weighted by Gasteiger charge is -2.40. The zero-order valence-corrected chi connectivity index (χ0v) is 47.0. The molecule has 0 aromatic rings. The van der Waals surface area contributed by atoms with Crippen LogP contribution in [0, 0.1) is 0 Å². The molecule has 1 aliphatic heterocycles. The van der Waals surface area contributed by atoms with E-state index < -0.39 is 67.3 Å². The molecule has 0 radical (unpaired) electrons. The fourth-order valence-electron chi connectivity index (χ4n) is 8.39. The molecule has 12 heteroatoms. The summed E-state index contributed by atoms with van der Waals surface area (Å²) in [6.07, 6.45) is 52.7. The van der Waals surface area contributed by atoms with Crippen LogP contribution < -0.4 is 0 Å². The highest BCUT2D eigenvalue weighted by Gasteiger charge is 2.50. The third-order valence-corrected chi connectivity index (χ3v) is 12.9. The maximum atomic E-state index is 13.1. The van der Waals surface area contributed by atoms with Crippen LogP contribution in [-0.2, 0) is 42.9 Å². The van der Waals surface area contributed by atoms with Gasteiger partial charge in [-0.3, -0.25) is 14.4 Å². The quantitative estimate of drug-likeness (QED) is 0.0228. The Morgan fingerprint density at radius 1 is 0.453 bits per heavy atom. The lowest BCUT2D eigenvalue weighted by atomic mass is 9.98. The van der Waals surface area contributed by atoms with Crippen LogP contribution >= 0.6 is 0 Å². The summed E-state index contributed by atoms with van der Waals surface area (Å²) < 4.78 is 28.3. The predicted octanol–water partition coefficient (Wildman–Crippen LogP) is 15.1. The van der Waals surface area contributed by atoms with Crippen molar-refractivity contribution in [2.45, 2.75) is 276 Å². The molecular weight excluding hydrogens is 949 g/mol. The zero-order chi connectivity index (χ0) is 54.7. The number of carbonyl (C=O) groups excluding carboxylic acids is 3. The fourth-order valence-corrected chi connectivity index (χ4v) is 8.39. The molecule has 428 valence electrons. The molecule has 0 saturated carbocycles. The number of aliphatic hydroxyl groups excluding tert-OH is 2. The topological polar surface area (TPSA) is 175 Å².